The Morgan fingerprint density at radius 2 is 2.38 bits per heavy atom. The lowest BCUT2D eigenvalue weighted by Gasteiger charge is -2.05. The third-order valence-corrected chi connectivity index (χ3v) is 2.21. The van der Waals surface area contributed by atoms with E-state index in [4.69, 9.17) is 5.84 Å². The van der Waals surface area contributed by atoms with Gasteiger partial charge in [0.1, 0.15) is 0 Å². The van der Waals surface area contributed by atoms with E-state index >= 15 is 0 Å². The normalized spacial score (nSPS) is 11.1. The van der Waals surface area contributed by atoms with E-state index in [1.54, 1.807) is 6.07 Å². The molecular weight excluding hydrogens is 208 g/mol. The lowest BCUT2D eigenvalue weighted by atomic mass is 10.1. The molecular formula is C9H10N6O. The number of aromatic amines is 1. The topological polar surface area (TPSA) is 102 Å². The van der Waals surface area contributed by atoms with Crippen molar-refractivity contribution in [1.29, 1.82) is 0 Å². The lowest BCUT2D eigenvalue weighted by Crippen LogP contribution is -2.18. The highest BCUT2D eigenvalue weighted by Gasteiger charge is 2.09. The zero-order valence-corrected chi connectivity index (χ0v) is 8.58. The van der Waals surface area contributed by atoms with E-state index in [-0.39, 0.29) is 0 Å². The molecule has 0 saturated heterocycles. The van der Waals surface area contributed by atoms with E-state index < -0.39 is 5.69 Å². The molecule has 1 aromatic carbocycles. The Hall–Kier alpha value is -2.44. The van der Waals surface area contributed by atoms with Crippen LogP contribution in [0.3, 0.4) is 0 Å². The molecule has 0 bridgehead atoms. The zero-order valence-electron chi connectivity index (χ0n) is 8.58. The number of nitrogens with zero attached hydrogens (tertiary/aromatic N) is 4. The van der Waals surface area contributed by atoms with Crippen LogP contribution in [-0.4, -0.2) is 26.4 Å². The van der Waals surface area contributed by atoms with E-state index in [0.29, 0.717) is 5.69 Å². The molecule has 0 fully saturated rings. The van der Waals surface area contributed by atoms with Crippen molar-refractivity contribution in [2.24, 2.45) is 10.9 Å². The summed E-state index contributed by atoms with van der Waals surface area (Å²) >= 11 is 0. The fraction of sp³-hybridized carbons (Fsp3) is 0.111. The Bertz CT molecular complexity index is 582. The molecule has 16 heavy (non-hydrogen) atoms. The number of nitrogens with two attached hydrogens (primary N) is 1. The van der Waals surface area contributed by atoms with Gasteiger partial charge in [0, 0.05) is 5.56 Å². The van der Waals surface area contributed by atoms with Crippen LogP contribution in [0.25, 0.3) is 5.69 Å². The molecule has 0 unspecified atom stereocenters. The smallest absolute Gasteiger partial charge is 0.323 e. The number of nitrogens with one attached hydrogen (secondary N) is 1. The predicted octanol–water partition coefficient (Wildman–Crippen LogP) is -0.443. The van der Waals surface area contributed by atoms with Gasteiger partial charge < -0.3 is 5.84 Å². The number of hydrazone groups is 1. The maximum atomic E-state index is 11.4. The lowest BCUT2D eigenvalue weighted by molar-refractivity contribution is 0.778. The summed E-state index contributed by atoms with van der Waals surface area (Å²) in [7, 11) is 0. The molecule has 0 aliphatic heterocycles. The summed E-state index contributed by atoms with van der Waals surface area (Å²) in [6, 6.07) is 5.46. The standard InChI is InChI=1S/C9H10N6O/c1-6-3-2-4-8(7(6)5-11-10)15-9(16)12-13-14-15/h2-5H,10H2,1H3,(H,12,14,16)/b11-5+. The quantitative estimate of drug-likeness (QED) is 0.405. The minimum Gasteiger partial charge on any atom is -0.323 e. The van der Waals surface area contributed by atoms with E-state index in [2.05, 4.69) is 20.6 Å². The van der Waals surface area contributed by atoms with Crippen LogP contribution in [0.2, 0.25) is 0 Å². The number of H-pyrrole nitrogens is 1. The molecule has 1 aromatic heterocycles. The molecule has 0 radical (unpaired) electrons. The van der Waals surface area contributed by atoms with Crippen molar-refractivity contribution >= 4 is 6.21 Å². The fourth-order valence-corrected chi connectivity index (χ4v) is 1.45. The first-order chi connectivity index (χ1) is 7.74. The van der Waals surface area contributed by atoms with E-state index in [0.717, 1.165) is 15.8 Å². The molecule has 3 N–H and O–H groups in total. The van der Waals surface area contributed by atoms with Crippen LogP contribution in [0.4, 0.5) is 0 Å². The van der Waals surface area contributed by atoms with Gasteiger partial charge in [0.2, 0.25) is 0 Å². The van der Waals surface area contributed by atoms with Gasteiger partial charge in [-0.25, -0.2) is 9.89 Å². The molecule has 7 nitrogen and oxygen atoms in total. The summed E-state index contributed by atoms with van der Waals surface area (Å²) in [5, 5.41) is 12.8. The summed E-state index contributed by atoms with van der Waals surface area (Å²) in [5.74, 6) is 5.13. The van der Waals surface area contributed by atoms with Crippen molar-refractivity contribution in [2.45, 2.75) is 6.92 Å². The molecule has 0 aliphatic carbocycles. The average Bonchev–Trinajstić information content (AvgIpc) is 2.68. The Balaban J connectivity index is 2.70. The number of benzene rings is 1. The Morgan fingerprint density at radius 1 is 1.56 bits per heavy atom. The average molecular weight is 218 g/mol. The van der Waals surface area contributed by atoms with Crippen molar-refractivity contribution in [1.82, 2.24) is 20.2 Å². The van der Waals surface area contributed by atoms with Crippen LogP contribution in [0.5, 0.6) is 0 Å². The Morgan fingerprint density at radius 3 is 3.00 bits per heavy atom. The molecule has 2 rings (SSSR count). The van der Waals surface area contributed by atoms with E-state index in [1.807, 2.05) is 19.1 Å². The van der Waals surface area contributed by atoms with Crippen molar-refractivity contribution in [3.8, 4) is 5.69 Å². The fourth-order valence-electron chi connectivity index (χ4n) is 1.45. The molecule has 0 amide bonds. The third-order valence-electron chi connectivity index (χ3n) is 2.21. The predicted molar refractivity (Wildman–Crippen MR) is 58.5 cm³/mol. The van der Waals surface area contributed by atoms with Gasteiger partial charge in [-0.1, -0.05) is 12.1 Å². The van der Waals surface area contributed by atoms with Crippen LogP contribution >= 0.6 is 0 Å². The summed E-state index contributed by atoms with van der Waals surface area (Å²) in [6.45, 7) is 1.89. The van der Waals surface area contributed by atoms with Gasteiger partial charge in [-0.15, -0.1) is 0 Å². The molecule has 0 spiro atoms. The summed E-state index contributed by atoms with van der Waals surface area (Å²) in [4.78, 5) is 11.4. The Kier molecular flexibility index (Phi) is 2.50. The summed E-state index contributed by atoms with van der Waals surface area (Å²) < 4.78 is 1.16. The summed E-state index contributed by atoms with van der Waals surface area (Å²) in [6.07, 6.45) is 1.48. The Labute approximate surface area is 90.6 Å². The van der Waals surface area contributed by atoms with Crippen LogP contribution in [0.1, 0.15) is 11.1 Å². The van der Waals surface area contributed by atoms with Crippen molar-refractivity contribution in [3.05, 3.63) is 39.8 Å². The molecule has 0 aliphatic rings. The van der Waals surface area contributed by atoms with Crippen LogP contribution in [0, 0.1) is 6.92 Å². The number of aryl methyl sites for hydroxylation is 1. The van der Waals surface area contributed by atoms with Gasteiger partial charge in [0.25, 0.3) is 0 Å². The van der Waals surface area contributed by atoms with Crippen molar-refractivity contribution in [3.63, 3.8) is 0 Å². The minimum absolute atomic E-state index is 0.405. The number of tetrazole rings is 1. The monoisotopic (exact) mass is 218 g/mol. The van der Waals surface area contributed by atoms with Crippen LogP contribution in [0.15, 0.2) is 28.1 Å². The highest BCUT2D eigenvalue weighted by molar-refractivity contribution is 5.86. The third kappa shape index (κ3) is 1.58. The molecule has 7 heteroatoms. The van der Waals surface area contributed by atoms with Crippen LogP contribution < -0.4 is 11.5 Å². The maximum Gasteiger partial charge on any atom is 0.365 e. The first kappa shape index (κ1) is 10.1. The second kappa shape index (κ2) is 3.97. The van der Waals surface area contributed by atoms with Gasteiger partial charge in [-0.2, -0.15) is 9.78 Å². The van der Waals surface area contributed by atoms with Gasteiger partial charge in [0.05, 0.1) is 11.9 Å². The number of aromatic nitrogens is 4. The van der Waals surface area contributed by atoms with Crippen LogP contribution in [-0.2, 0) is 0 Å². The molecule has 0 atom stereocenters. The number of rotatable bonds is 2. The van der Waals surface area contributed by atoms with Gasteiger partial charge >= 0.3 is 5.69 Å². The highest BCUT2D eigenvalue weighted by atomic mass is 16.2. The number of hydrogen-bond donors (Lipinski definition) is 2. The van der Waals surface area contributed by atoms with Gasteiger partial charge in [-0.3, -0.25) is 0 Å². The first-order valence-electron chi connectivity index (χ1n) is 4.57. The SMILES string of the molecule is Cc1cccc(-n2nn[nH]c2=O)c1/C=N/N. The van der Waals surface area contributed by atoms with E-state index in [9.17, 15) is 4.79 Å². The number of hydrogen-bond acceptors (Lipinski definition) is 5. The van der Waals surface area contributed by atoms with E-state index in [1.165, 1.54) is 6.21 Å². The van der Waals surface area contributed by atoms with Crippen molar-refractivity contribution < 1.29 is 0 Å². The second-order valence-electron chi connectivity index (χ2n) is 3.20. The summed E-state index contributed by atoms with van der Waals surface area (Å²) in [5.41, 5.74) is 1.87. The van der Waals surface area contributed by atoms with Gasteiger partial charge in [-0.05, 0) is 29.0 Å². The minimum atomic E-state index is -0.405. The first-order valence-corrected chi connectivity index (χ1v) is 4.57. The largest absolute Gasteiger partial charge is 0.365 e. The van der Waals surface area contributed by atoms with Crippen molar-refractivity contribution in [2.75, 3.05) is 0 Å². The molecule has 0 saturated carbocycles. The highest BCUT2D eigenvalue weighted by Crippen LogP contribution is 2.13. The maximum absolute atomic E-state index is 11.4. The molecule has 2 aromatic rings. The zero-order chi connectivity index (χ0) is 11.5. The van der Waals surface area contributed by atoms with Gasteiger partial charge in [0.15, 0.2) is 0 Å². The molecule has 82 valence electrons. The molecule has 1 heterocycles. The second-order valence-corrected chi connectivity index (χ2v) is 3.20.